The normalized spacial score (nSPS) is 17.6. The molecular weight excluding hydrogens is 821 g/mol. The monoisotopic (exact) mass is 872 g/mol. The molecule has 4 aromatic heterocycles. The van der Waals surface area contributed by atoms with E-state index in [0.29, 0.717) is 0 Å². The molecular formula is C66H52N2. The van der Waals surface area contributed by atoms with Crippen molar-refractivity contribution in [1.82, 2.24) is 8.80 Å². The molecule has 0 aliphatic heterocycles. The van der Waals surface area contributed by atoms with Gasteiger partial charge in [-0.1, -0.05) is 115 Å². The lowest BCUT2D eigenvalue weighted by Crippen LogP contribution is -2.36. The highest BCUT2D eigenvalue weighted by atomic mass is 14.9. The van der Waals surface area contributed by atoms with Gasteiger partial charge < -0.3 is 8.80 Å². The number of fused-ring (bicyclic) bond motifs is 16. The number of rotatable bonds is 0. The van der Waals surface area contributed by atoms with Gasteiger partial charge in [0.05, 0.1) is 33.1 Å². The standard InChI is InChI=1S/C66H52N2/c1-29-19-21-43-33(23-29)35-25-31(3)27-37-45-55-51-50-48-39(63(55,5)6)15-14-18-42(48)66(11,12)58-54(50)52-49-47-40(16-13-17-41(47)65(9,10)57(53(49)51)61(45)67(43)59(35)37)64(7,8)56(52)46-38-28-32(4)26-36-34-24-30(2)20-22-44(34)68(60(36)38)62(46)58/h13-28H,1-12H3. The fourth-order valence-electron chi connectivity index (χ4n) is 16.6. The number of benzene rings is 9. The Bertz CT molecular complexity index is 4440. The van der Waals surface area contributed by atoms with Gasteiger partial charge in [-0.25, -0.2) is 0 Å². The first-order valence-electron chi connectivity index (χ1n) is 25.1. The van der Waals surface area contributed by atoms with Crippen molar-refractivity contribution >= 4 is 97.7 Å². The molecule has 4 aliphatic rings. The zero-order valence-electron chi connectivity index (χ0n) is 41.1. The van der Waals surface area contributed by atoms with Crippen LogP contribution in [0, 0.1) is 27.7 Å². The summed E-state index contributed by atoms with van der Waals surface area (Å²) in [6.45, 7) is 29.7. The van der Waals surface area contributed by atoms with E-state index in [0.717, 1.165) is 0 Å². The second-order valence-electron chi connectivity index (χ2n) is 24.3. The summed E-state index contributed by atoms with van der Waals surface area (Å²) in [7, 11) is 0. The zero-order chi connectivity index (χ0) is 46.1. The smallest absolute Gasteiger partial charge is 0.0620 e. The molecule has 0 fully saturated rings. The maximum Gasteiger partial charge on any atom is 0.0620 e. The van der Waals surface area contributed by atoms with Gasteiger partial charge >= 0.3 is 0 Å². The van der Waals surface area contributed by atoms with E-state index in [1.54, 1.807) is 0 Å². The van der Waals surface area contributed by atoms with Crippen LogP contribution < -0.4 is 0 Å². The molecule has 0 spiro atoms. The van der Waals surface area contributed by atoms with Gasteiger partial charge in [0.2, 0.25) is 0 Å². The Kier molecular flexibility index (Phi) is 5.76. The molecule has 13 aromatic rings. The molecule has 0 saturated heterocycles. The van der Waals surface area contributed by atoms with Crippen molar-refractivity contribution < 1.29 is 0 Å². The van der Waals surface area contributed by atoms with Crippen LogP contribution in [0.15, 0.2) is 97.1 Å². The van der Waals surface area contributed by atoms with Crippen molar-refractivity contribution in [3.63, 3.8) is 0 Å². The molecule has 17 rings (SSSR count). The van der Waals surface area contributed by atoms with Gasteiger partial charge in [-0.2, -0.15) is 0 Å². The first kappa shape index (κ1) is 37.1. The van der Waals surface area contributed by atoms with E-state index >= 15 is 0 Å². The maximum atomic E-state index is 2.75. The summed E-state index contributed by atoms with van der Waals surface area (Å²) in [5.74, 6) is 0. The number of aryl methyl sites for hydroxylation is 4. The fraction of sp³-hybridized carbons (Fsp3) is 0.242. The van der Waals surface area contributed by atoms with Crippen LogP contribution in [-0.2, 0) is 21.7 Å². The van der Waals surface area contributed by atoms with E-state index < -0.39 is 0 Å². The minimum Gasteiger partial charge on any atom is -0.308 e. The lowest BCUT2D eigenvalue weighted by atomic mass is 9.53. The lowest BCUT2D eigenvalue weighted by Gasteiger charge is -2.49. The predicted molar refractivity (Wildman–Crippen MR) is 289 cm³/mol. The van der Waals surface area contributed by atoms with Gasteiger partial charge in [0, 0.05) is 64.7 Å². The van der Waals surface area contributed by atoms with E-state index in [4.69, 9.17) is 0 Å². The predicted octanol–water partition coefficient (Wildman–Crippen LogP) is 17.4. The van der Waals surface area contributed by atoms with Crippen LogP contribution in [0.3, 0.4) is 0 Å². The van der Waals surface area contributed by atoms with Crippen LogP contribution in [0.2, 0.25) is 0 Å². The molecule has 326 valence electrons. The summed E-state index contributed by atoms with van der Waals surface area (Å²) in [4.78, 5) is 0. The maximum absolute atomic E-state index is 2.75. The second kappa shape index (κ2) is 10.5. The molecule has 9 aromatic carbocycles. The average molecular weight is 873 g/mol. The first-order chi connectivity index (χ1) is 32.5. The Balaban J connectivity index is 1.30. The van der Waals surface area contributed by atoms with Crippen LogP contribution in [0.4, 0.5) is 0 Å². The van der Waals surface area contributed by atoms with Gasteiger partial charge in [0.15, 0.2) is 0 Å². The third-order valence-corrected chi connectivity index (χ3v) is 19.1. The quantitative estimate of drug-likeness (QED) is 0.134. The largest absolute Gasteiger partial charge is 0.308 e. The molecule has 2 nitrogen and oxygen atoms in total. The summed E-state index contributed by atoms with van der Waals surface area (Å²) < 4.78 is 5.49. The van der Waals surface area contributed by atoms with Gasteiger partial charge in [-0.15, -0.1) is 0 Å². The summed E-state index contributed by atoms with van der Waals surface area (Å²) in [5.41, 5.74) is 30.1. The second-order valence-corrected chi connectivity index (χ2v) is 24.3. The Labute approximate surface area is 395 Å². The lowest BCUT2D eigenvalue weighted by molar-refractivity contribution is 0.613. The Morgan fingerprint density at radius 1 is 0.294 bits per heavy atom. The minimum atomic E-state index is -0.310. The summed E-state index contributed by atoms with van der Waals surface area (Å²) in [5, 5.41) is 17.2. The van der Waals surface area contributed by atoms with Gasteiger partial charge in [-0.05, 0) is 176 Å². The van der Waals surface area contributed by atoms with Crippen LogP contribution in [0.1, 0.15) is 122 Å². The van der Waals surface area contributed by atoms with E-state index in [1.807, 2.05) is 0 Å². The topological polar surface area (TPSA) is 8.82 Å². The van der Waals surface area contributed by atoms with Crippen LogP contribution >= 0.6 is 0 Å². The highest BCUT2D eigenvalue weighted by Crippen LogP contribution is 2.70. The fourth-order valence-corrected chi connectivity index (χ4v) is 16.6. The van der Waals surface area contributed by atoms with Crippen molar-refractivity contribution in [3.05, 3.63) is 164 Å². The van der Waals surface area contributed by atoms with Crippen LogP contribution in [-0.4, -0.2) is 8.80 Å². The van der Waals surface area contributed by atoms with Crippen LogP contribution in [0.25, 0.3) is 120 Å². The van der Waals surface area contributed by atoms with Crippen molar-refractivity contribution in [3.8, 4) is 22.3 Å². The molecule has 0 radical (unpaired) electrons. The number of aromatic nitrogens is 2. The summed E-state index contributed by atoms with van der Waals surface area (Å²) >= 11 is 0. The average Bonchev–Trinajstić information content (AvgIpc) is 4.00. The molecule has 0 unspecified atom stereocenters. The molecule has 0 saturated carbocycles. The van der Waals surface area contributed by atoms with Crippen molar-refractivity contribution in [2.75, 3.05) is 0 Å². The van der Waals surface area contributed by atoms with Crippen molar-refractivity contribution in [2.24, 2.45) is 0 Å². The first-order valence-corrected chi connectivity index (χ1v) is 25.1. The molecule has 2 heteroatoms. The molecule has 68 heavy (non-hydrogen) atoms. The third-order valence-electron chi connectivity index (χ3n) is 19.1. The summed E-state index contributed by atoms with van der Waals surface area (Å²) in [6, 6.07) is 39.2. The van der Waals surface area contributed by atoms with E-state index in [-0.39, 0.29) is 21.7 Å². The molecule has 0 atom stereocenters. The van der Waals surface area contributed by atoms with Crippen LogP contribution in [0.5, 0.6) is 0 Å². The van der Waals surface area contributed by atoms with Gasteiger partial charge in [0.25, 0.3) is 0 Å². The van der Waals surface area contributed by atoms with Crippen molar-refractivity contribution in [2.45, 2.75) is 105 Å². The third kappa shape index (κ3) is 3.49. The van der Waals surface area contributed by atoms with E-state index in [1.165, 1.54) is 187 Å². The highest BCUT2D eigenvalue weighted by Gasteiger charge is 2.53. The summed E-state index contributed by atoms with van der Waals surface area (Å²) in [6.07, 6.45) is 0. The minimum absolute atomic E-state index is 0.298. The number of nitrogens with zero attached hydrogens (tertiary/aromatic N) is 2. The van der Waals surface area contributed by atoms with E-state index in [9.17, 15) is 0 Å². The molecule has 4 aliphatic carbocycles. The zero-order valence-corrected chi connectivity index (χ0v) is 41.1. The van der Waals surface area contributed by atoms with Gasteiger partial charge in [0.1, 0.15) is 0 Å². The Morgan fingerprint density at radius 3 is 1.00 bits per heavy atom. The molecule has 0 amide bonds. The van der Waals surface area contributed by atoms with E-state index in [2.05, 4.69) is 189 Å². The van der Waals surface area contributed by atoms with Gasteiger partial charge in [-0.3, -0.25) is 0 Å². The van der Waals surface area contributed by atoms with Crippen molar-refractivity contribution in [1.29, 1.82) is 0 Å². The Hall–Kier alpha value is -6.90. The molecule has 0 N–H and O–H groups in total. The number of hydrogen-bond acceptors (Lipinski definition) is 0. The molecule has 4 heterocycles. The number of hydrogen-bond donors (Lipinski definition) is 0. The SMILES string of the molecule is Cc1ccc2c(c1)c1cc(C)cc3c4c5c6c7c8c(c9c(c%10c8c8c6c(c4n2c13)C(C)(C)c1cccc(c1-8)C%10(C)C)c1cc(C)cc2c3cc(C)ccc3n9c21)C(C)(C)c1cccc(c1-7)C5(C)C. The Morgan fingerprint density at radius 2 is 0.618 bits per heavy atom. The highest BCUT2D eigenvalue weighted by molar-refractivity contribution is 6.39. The molecule has 0 bridgehead atoms.